The van der Waals surface area contributed by atoms with E-state index in [-0.39, 0.29) is 18.6 Å². The first-order valence-corrected chi connectivity index (χ1v) is 10.8. The fourth-order valence-corrected chi connectivity index (χ4v) is 3.96. The van der Waals surface area contributed by atoms with Crippen LogP contribution in [0.2, 0.25) is 0 Å². The van der Waals surface area contributed by atoms with Crippen molar-refractivity contribution in [2.24, 2.45) is 16.7 Å². The van der Waals surface area contributed by atoms with E-state index in [1.54, 1.807) is 0 Å². The number of rotatable bonds is 8. The van der Waals surface area contributed by atoms with Gasteiger partial charge in [0.1, 0.15) is 12.3 Å². The van der Waals surface area contributed by atoms with E-state index in [0.717, 1.165) is 16.8 Å². The highest BCUT2D eigenvalue weighted by molar-refractivity contribution is 5.95. The Bertz CT molecular complexity index is 991. The minimum atomic E-state index is -4.71. The third kappa shape index (κ3) is 6.09. The van der Waals surface area contributed by atoms with Gasteiger partial charge in [-0.2, -0.15) is 13.2 Å². The van der Waals surface area contributed by atoms with Crippen LogP contribution in [0.15, 0.2) is 42.6 Å². The highest BCUT2D eigenvalue weighted by atomic mass is 19.4. The molecule has 1 aromatic carbocycles. The fourth-order valence-electron chi connectivity index (χ4n) is 3.96. The van der Waals surface area contributed by atoms with E-state index in [4.69, 9.17) is 10.7 Å². The van der Waals surface area contributed by atoms with Crippen LogP contribution in [0.5, 0.6) is 0 Å². The molecule has 1 aliphatic rings. The van der Waals surface area contributed by atoms with Crippen LogP contribution >= 0.6 is 0 Å². The number of anilines is 1. The van der Waals surface area contributed by atoms with Crippen molar-refractivity contribution < 1.29 is 27.6 Å². The maximum absolute atomic E-state index is 13.6. The number of hydrogen-bond acceptors (Lipinski definition) is 6. The minimum Gasteiger partial charge on any atom is -0.276 e. The molecule has 0 atom stereocenters. The molecule has 0 aliphatic heterocycles. The van der Waals surface area contributed by atoms with Crippen molar-refractivity contribution in [1.82, 2.24) is 15.0 Å². The topological polar surface area (TPSA) is 102 Å². The number of nitrogens with two attached hydrogens (primary N) is 1. The summed E-state index contributed by atoms with van der Waals surface area (Å²) in [4.78, 5) is 38.2. The van der Waals surface area contributed by atoms with Gasteiger partial charge in [-0.15, -0.1) is 0 Å². The number of carbonyl (C=O) groups excluding carboxylic acids is 2. The molecule has 2 aromatic rings. The molecule has 0 unspecified atom stereocenters. The number of amides is 2. The number of hydrazine groups is 1. The Morgan fingerprint density at radius 2 is 1.79 bits per heavy atom. The zero-order valence-corrected chi connectivity index (χ0v) is 19.1. The summed E-state index contributed by atoms with van der Waals surface area (Å²) in [5, 5.41) is 1.60. The third-order valence-corrected chi connectivity index (χ3v) is 6.20. The van der Waals surface area contributed by atoms with Crippen LogP contribution in [0, 0.1) is 10.8 Å². The highest BCUT2D eigenvalue weighted by Crippen LogP contribution is 2.46. The molecule has 34 heavy (non-hydrogen) atoms. The molecule has 1 aromatic heterocycles. The lowest BCUT2D eigenvalue weighted by Crippen LogP contribution is -2.55. The van der Waals surface area contributed by atoms with Gasteiger partial charge < -0.3 is 0 Å². The van der Waals surface area contributed by atoms with Gasteiger partial charge in [-0.25, -0.2) is 25.9 Å². The molecule has 1 aliphatic carbocycles. The van der Waals surface area contributed by atoms with E-state index >= 15 is 0 Å². The van der Waals surface area contributed by atoms with Gasteiger partial charge in [0.2, 0.25) is 12.4 Å². The molecule has 3 rings (SSSR count). The Morgan fingerprint density at radius 3 is 2.38 bits per heavy atom. The molecule has 1 heterocycles. The number of halogens is 3. The molecule has 0 bridgehead atoms. The zero-order valence-electron chi connectivity index (χ0n) is 19.1. The summed E-state index contributed by atoms with van der Waals surface area (Å²) in [6.45, 7) is 4.14. The Kier molecular flexibility index (Phi) is 7.57. The van der Waals surface area contributed by atoms with Gasteiger partial charge in [-0.05, 0) is 42.7 Å². The molecule has 2 N–H and O–H groups in total. The summed E-state index contributed by atoms with van der Waals surface area (Å²) >= 11 is 0. The molecular weight excluding hydrogens is 451 g/mol. The average Bonchev–Trinajstić information content (AvgIpc) is 2.82. The van der Waals surface area contributed by atoms with Gasteiger partial charge in [0.15, 0.2) is 0 Å². The lowest BCUT2D eigenvalue weighted by atomic mass is 9.64. The Hall–Kier alpha value is -3.05. The zero-order chi connectivity index (χ0) is 25.0. The van der Waals surface area contributed by atoms with Gasteiger partial charge in [0, 0.05) is 6.20 Å². The first kappa shape index (κ1) is 25.6. The second-order valence-electron chi connectivity index (χ2n) is 9.30. The highest BCUT2D eigenvalue weighted by Gasteiger charge is 2.48. The molecule has 0 radical (unpaired) electrons. The van der Waals surface area contributed by atoms with Crippen LogP contribution in [0.3, 0.4) is 0 Å². The number of carbonyl (C=O) groups is 2. The number of nitrogens with zero attached hydrogens (tertiary/aromatic N) is 4. The van der Waals surface area contributed by atoms with Crippen LogP contribution in [-0.2, 0) is 27.2 Å². The van der Waals surface area contributed by atoms with Gasteiger partial charge in [-0.3, -0.25) is 14.4 Å². The average molecular weight is 480 g/mol. The first-order valence-electron chi connectivity index (χ1n) is 10.8. The molecule has 184 valence electrons. The summed E-state index contributed by atoms with van der Waals surface area (Å²) < 4.78 is 39.3. The van der Waals surface area contributed by atoms with Crippen LogP contribution < -0.4 is 10.9 Å². The minimum absolute atomic E-state index is 0.0349. The second-order valence-corrected chi connectivity index (χ2v) is 9.30. The summed E-state index contributed by atoms with van der Waals surface area (Å²) in [7, 11) is 0. The summed E-state index contributed by atoms with van der Waals surface area (Å²) in [5.74, 6) is 4.73. The Balaban J connectivity index is 1.84. The van der Waals surface area contributed by atoms with Crippen LogP contribution in [0.4, 0.5) is 19.1 Å². The summed E-state index contributed by atoms with van der Waals surface area (Å²) in [6.07, 6.45) is -1.29. The number of alkyl halides is 3. The van der Waals surface area contributed by atoms with Gasteiger partial charge in [-0.1, -0.05) is 44.2 Å². The lowest BCUT2D eigenvalue weighted by molar-refractivity contribution is -0.190. The van der Waals surface area contributed by atoms with E-state index < -0.39 is 29.1 Å². The third-order valence-electron chi connectivity index (χ3n) is 6.20. The molecule has 2 amide bonds. The smallest absolute Gasteiger partial charge is 0.276 e. The van der Waals surface area contributed by atoms with E-state index in [1.807, 2.05) is 30.3 Å². The van der Waals surface area contributed by atoms with Crippen molar-refractivity contribution in [3.63, 3.8) is 0 Å². The van der Waals surface area contributed by atoms with Crippen molar-refractivity contribution >= 4 is 18.3 Å². The second kappa shape index (κ2) is 10.1. The van der Waals surface area contributed by atoms with Crippen molar-refractivity contribution in [1.29, 1.82) is 0 Å². The fraction of sp³-hybridized carbons (Fsp3) is 0.478. The van der Waals surface area contributed by atoms with Crippen molar-refractivity contribution in [2.45, 2.75) is 52.3 Å². The van der Waals surface area contributed by atoms with E-state index in [1.165, 1.54) is 0 Å². The van der Waals surface area contributed by atoms with Crippen LogP contribution in [-0.4, -0.2) is 33.9 Å². The molecule has 0 spiro atoms. The molecule has 1 saturated carbocycles. The molecule has 8 nitrogen and oxygen atoms in total. The number of hydroxylamine groups is 2. The number of benzene rings is 1. The summed E-state index contributed by atoms with van der Waals surface area (Å²) in [6, 6.07) is 9.88. The molecular formula is C23H28F3N5O3. The largest absolute Gasteiger partial charge is 0.433 e. The van der Waals surface area contributed by atoms with E-state index in [2.05, 4.69) is 23.8 Å². The predicted octanol–water partition coefficient (Wildman–Crippen LogP) is 3.88. The van der Waals surface area contributed by atoms with Crippen molar-refractivity contribution in [3.8, 4) is 0 Å². The standard InChI is InChI=1S/C23H28F3N5O3/c1-21(2)9-11-22(12-10-21,15-30(16-32)34-14-17-6-4-3-5-7-17)19(33)31(27)20-28-13-8-18(29-20)23(24,25)26/h3-8,13,16H,9-12,14-15,27H2,1-2H3. The SMILES string of the molecule is CC1(C)CCC(CN(C=O)OCc2ccccc2)(C(=O)N(N)c2nccc(C(F)(F)F)n2)CC1. The van der Waals surface area contributed by atoms with Crippen LogP contribution in [0.25, 0.3) is 0 Å². The van der Waals surface area contributed by atoms with Crippen molar-refractivity contribution in [3.05, 3.63) is 53.9 Å². The molecule has 11 heteroatoms. The Labute approximate surface area is 195 Å². The first-order chi connectivity index (χ1) is 16.0. The predicted molar refractivity (Wildman–Crippen MR) is 117 cm³/mol. The quantitative estimate of drug-likeness (QED) is 0.267. The Morgan fingerprint density at radius 1 is 1.15 bits per heavy atom. The lowest BCUT2D eigenvalue weighted by Gasteiger charge is -2.44. The van der Waals surface area contributed by atoms with E-state index in [9.17, 15) is 22.8 Å². The molecule has 0 saturated heterocycles. The summed E-state index contributed by atoms with van der Waals surface area (Å²) in [5.41, 5.74) is -1.58. The van der Waals surface area contributed by atoms with Crippen LogP contribution in [0.1, 0.15) is 50.8 Å². The monoisotopic (exact) mass is 479 g/mol. The molecule has 1 fully saturated rings. The normalized spacial score (nSPS) is 17.1. The maximum atomic E-state index is 13.6. The van der Waals surface area contributed by atoms with Gasteiger partial charge in [0.25, 0.3) is 5.91 Å². The van der Waals surface area contributed by atoms with Gasteiger partial charge >= 0.3 is 6.18 Å². The van der Waals surface area contributed by atoms with Crippen molar-refractivity contribution in [2.75, 3.05) is 11.6 Å². The van der Waals surface area contributed by atoms with E-state index in [0.29, 0.717) is 43.2 Å². The number of hydrogen-bond donors (Lipinski definition) is 1. The van der Waals surface area contributed by atoms with Gasteiger partial charge in [0.05, 0.1) is 12.0 Å². The maximum Gasteiger partial charge on any atom is 0.433 e. The number of aromatic nitrogens is 2.